The zero-order chi connectivity index (χ0) is 14.3. The SMILES string of the molecule is CC.[C-]#C[C@H]1[C@H](O)CC(C)[C@@H]1CCc1ccccc1.[Y]. The molecule has 1 unspecified atom stereocenters. The van der Waals surface area contributed by atoms with E-state index in [0.717, 1.165) is 19.3 Å². The molecular weight excluding hydrogens is 321 g/mol. The minimum absolute atomic E-state index is 0. The Labute approximate surface area is 149 Å². The van der Waals surface area contributed by atoms with Gasteiger partial charge in [-0.15, -0.1) is 0 Å². The maximum atomic E-state index is 9.84. The summed E-state index contributed by atoms with van der Waals surface area (Å²) in [7, 11) is 0. The topological polar surface area (TPSA) is 20.2 Å². The van der Waals surface area contributed by atoms with Crippen LogP contribution in [0.4, 0.5) is 0 Å². The molecule has 1 aromatic carbocycles. The predicted molar refractivity (Wildman–Crippen MR) is 80.0 cm³/mol. The first-order valence-corrected chi connectivity index (χ1v) is 7.36. The molecule has 0 spiro atoms. The van der Waals surface area contributed by atoms with E-state index in [0.29, 0.717) is 11.8 Å². The van der Waals surface area contributed by atoms with Gasteiger partial charge >= 0.3 is 0 Å². The largest absolute Gasteiger partial charge is 0.693 e. The van der Waals surface area contributed by atoms with Gasteiger partial charge in [-0.3, -0.25) is 0 Å². The second-order valence-electron chi connectivity index (χ2n) is 5.14. The van der Waals surface area contributed by atoms with Gasteiger partial charge < -0.3 is 17.5 Å². The Kier molecular flexibility index (Phi) is 10.5. The van der Waals surface area contributed by atoms with Crippen LogP contribution >= 0.6 is 0 Å². The van der Waals surface area contributed by atoms with Crippen molar-refractivity contribution in [3.05, 3.63) is 42.3 Å². The van der Waals surface area contributed by atoms with Crippen LogP contribution in [0.1, 0.15) is 39.2 Å². The van der Waals surface area contributed by atoms with E-state index in [1.54, 1.807) is 0 Å². The van der Waals surface area contributed by atoms with Crippen LogP contribution in [0.3, 0.4) is 0 Å². The Morgan fingerprint density at radius 1 is 1.25 bits per heavy atom. The molecular formula is C18H25OY-. The second kappa shape index (κ2) is 10.6. The van der Waals surface area contributed by atoms with E-state index < -0.39 is 0 Å². The van der Waals surface area contributed by atoms with Gasteiger partial charge in [0.25, 0.3) is 0 Å². The predicted octanol–water partition coefficient (Wildman–Crippen LogP) is 3.87. The van der Waals surface area contributed by atoms with Crippen molar-refractivity contribution in [3.8, 4) is 5.92 Å². The zero-order valence-corrected chi connectivity index (χ0v) is 15.7. The number of benzene rings is 1. The van der Waals surface area contributed by atoms with Crippen LogP contribution in [-0.2, 0) is 39.1 Å². The van der Waals surface area contributed by atoms with Crippen molar-refractivity contribution >= 4 is 0 Å². The summed E-state index contributed by atoms with van der Waals surface area (Å²) in [5.41, 5.74) is 1.34. The Morgan fingerprint density at radius 2 is 1.85 bits per heavy atom. The van der Waals surface area contributed by atoms with Crippen molar-refractivity contribution < 1.29 is 37.8 Å². The molecule has 2 heteroatoms. The monoisotopic (exact) mass is 346 g/mol. The van der Waals surface area contributed by atoms with Gasteiger partial charge in [-0.1, -0.05) is 51.1 Å². The maximum absolute atomic E-state index is 9.84. The first-order chi connectivity index (χ1) is 9.22. The third-order valence-electron chi connectivity index (χ3n) is 4.00. The van der Waals surface area contributed by atoms with E-state index in [1.807, 2.05) is 19.9 Å². The van der Waals surface area contributed by atoms with E-state index in [-0.39, 0.29) is 44.7 Å². The average molecular weight is 346 g/mol. The van der Waals surface area contributed by atoms with E-state index in [9.17, 15) is 5.11 Å². The molecule has 0 aromatic heterocycles. The van der Waals surface area contributed by atoms with Crippen molar-refractivity contribution in [2.75, 3.05) is 0 Å². The fourth-order valence-electron chi connectivity index (χ4n) is 2.99. The summed E-state index contributed by atoms with van der Waals surface area (Å²) < 4.78 is 0. The van der Waals surface area contributed by atoms with Crippen LogP contribution in [-0.4, -0.2) is 11.2 Å². The summed E-state index contributed by atoms with van der Waals surface area (Å²) in [4.78, 5) is 0. The minimum Gasteiger partial charge on any atom is -0.693 e. The number of rotatable bonds is 3. The van der Waals surface area contributed by atoms with Crippen LogP contribution < -0.4 is 0 Å². The molecule has 0 aliphatic heterocycles. The van der Waals surface area contributed by atoms with Gasteiger partial charge in [-0.05, 0) is 36.7 Å². The molecule has 1 N–H and O–H groups in total. The number of aliphatic hydroxyl groups excluding tert-OH is 1. The van der Waals surface area contributed by atoms with Gasteiger partial charge in [-0.25, -0.2) is 0 Å². The van der Waals surface area contributed by atoms with Gasteiger partial charge in [0.15, 0.2) is 0 Å². The van der Waals surface area contributed by atoms with Gasteiger partial charge in [-0.2, -0.15) is 0 Å². The summed E-state index contributed by atoms with van der Waals surface area (Å²) in [6.45, 7) is 6.18. The first-order valence-electron chi connectivity index (χ1n) is 7.36. The summed E-state index contributed by atoms with van der Waals surface area (Å²) in [5, 5.41) is 9.84. The molecule has 1 fully saturated rings. The fraction of sp³-hybridized carbons (Fsp3) is 0.556. The summed E-state index contributed by atoms with van der Waals surface area (Å²) in [5.74, 6) is 3.37. The molecule has 0 bridgehead atoms. The van der Waals surface area contributed by atoms with Gasteiger partial charge in [0.05, 0.1) is 6.10 Å². The first kappa shape index (κ1) is 19.8. The molecule has 107 valence electrons. The van der Waals surface area contributed by atoms with E-state index in [2.05, 4.69) is 37.1 Å². The minimum atomic E-state index is -0.358. The quantitative estimate of drug-likeness (QED) is 0.651. The van der Waals surface area contributed by atoms with Crippen molar-refractivity contribution in [3.63, 3.8) is 0 Å². The number of hydrogen-bond acceptors (Lipinski definition) is 1. The van der Waals surface area contributed by atoms with Crippen molar-refractivity contribution in [2.24, 2.45) is 17.8 Å². The van der Waals surface area contributed by atoms with E-state index in [1.165, 1.54) is 5.56 Å². The molecule has 0 saturated heterocycles. The Hall–Kier alpha value is -0.156. The molecule has 1 aliphatic rings. The van der Waals surface area contributed by atoms with Gasteiger partial charge in [0.2, 0.25) is 0 Å². The Balaban J connectivity index is 0.00000115. The maximum Gasteiger partial charge on any atom is 0.0651 e. The number of aryl methyl sites for hydroxylation is 1. The zero-order valence-electron chi connectivity index (χ0n) is 12.8. The molecule has 20 heavy (non-hydrogen) atoms. The summed E-state index contributed by atoms with van der Waals surface area (Å²) in [6.07, 6.45) is 9.85. The average Bonchev–Trinajstić information content (AvgIpc) is 2.73. The second-order valence-corrected chi connectivity index (χ2v) is 5.14. The Morgan fingerprint density at radius 3 is 2.40 bits per heavy atom. The van der Waals surface area contributed by atoms with Crippen LogP contribution in [0.25, 0.3) is 0 Å². The van der Waals surface area contributed by atoms with Crippen molar-refractivity contribution in [2.45, 2.75) is 46.1 Å². The van der Waals surface area contributed by atoms with E-state index >= 15 is 0 Å². The fourth-order valence-corrected chi connectivity index (χ4v) is 2.99. The molecule has 4 atom stereocenters. The van der Waals surface area contributed by atoms with Gasteiger partial charge in [0, 0.05) is 38.6 Å². The third-order valence-corrected chi connectivity index (χ3v) is 4.00. The van der Waals surface area contributed by atoms with Crippen LogP contribution in [0.15, 0.2) is 30.3 Å². The molecule has 1 radical (unpaired) electrons. The summed E-state index contributed by atoms with van der Waals surface area (Å²) >= 11 is 0. The van der Waals surface area contributed by atoms with Crippen LogP contribution in [0.5, 0.6) is 0 Å². The third kappa shape index (κ3) is 5.32. The van der Waals surface area contributed by atoms with E-state index in [4.69, 9.17) is 6.42 Å². The molecule has 1 aliphatic carbocycles. The molecule has 1 saturated carbocycles. The van der Waals surface area contributed by atoms with Crippen molar-refractivity contribution in [1.29, 1.82) is 0 Å². The molecule has 1 aromatic rings. The number of hydrogen-bond donors (Lipinski definition) is 1. The van der Waals surface area contributed by atoms with Crippen LogP contribution in [0, 0.1) is 30.1 Å². The number of aliphatic hydroxyl groups is 1. The normalized spacial score (nSPS) is 27.8. The molecule has 1 nitrogen and oxygen atoms in total. The van der Waals surface area contributed by atoms with Crippen molar-refractivity contribution in [1.82, 2.24) is 0 Å². The standard InChI is InChI=1S/C16H19O.C2H6.Y/c1-3-14-15(12(2)11-16(14)17)10-9-13-7-5-4-6-8-13;1-2;/h4-8,12,14-17H,9-11H2,2H3;1-2H3;/q-1;;/t12?,14-,15+,16-;;/m1../s1. The smallest absolute Gasteiger partial charge is 0.0651 e. The Bertz CT molecular complexity index is 396. The molecule has 0 amide bonds. The van der Waals surface area contributed by atoms with Gasteiger partial charge in [0.1, 0.15) is 0 Å². The summed E-state index contributed by atoms with van der Waals surface area (Å²) in [6, 6.07) is 10.4. The van der Waals surface area contributed by atoms with Crippen LogP contribution in [0.2, 0.25) is 0 Å². The molecule has 0 heterocycles. The molecule has 2 rings (SSSR count).